The molecular formula is C11H17NO2. The average molecular weight is 195 g/mol. The number of aliphatic hydroxyl groups excluding tert-OH is 1. The van der Waals surface area contributed by atoms with Crippen molar-refractivity contribution >= 4 is 0 Å². The van der Waals surface area contributed by atoms with Gasteiger partial charge >= 0.3 is 0 Å². The molecule has 3 heteroatoms. The molecule has 0 aliphatic heterocycles. The third-order valence-electron chi connectivity index (χ3n) is 2.04. The second-order valence-corrected chi connectivity index (χ2v) is 3.37. The van der Waals surface area contributed by atoms with Crippen molar-refractivity contribution in [2.24, 2.45) is 0 Å². The highest BCUT2D eigenvalue weighted by Gasteiger charge is 2.08. The van der Waals surface area contributed by atoms with Gasteiger partial charge in [-0.1, -0.05) is 6.92 Å². The van der Waals surface area contributed by atoms with Crippen molar-refractivity contribution in [2.45, 2.75) is 33.8 Å². The molecule has 0 saturated carbocycles. The zero-order valence-electron chi connectivity index (χ0n) is 9.00. The lowest BCUT2D eigenvalue weighted by atomic mass is 10.1. The number of pyridine rings is 1. The Morgan fingerprint density at radius 3 is 2.71 bits per heavy atom. The Bertz CT molecular complexity index is 310. The minimum Gasteiger partial charge on any atom is -0.477 e. The van der Waals surface area contributed by atoms with Crippen LogP contribution in [0.3, 0.4) is 0 Å². The highest BCUT2D eigenvalue weighted by Crippen LogP contribution is 2.20. The van der Waals surface area contributed by atoms with E-state index in [0.717, 1.165) is 23.2 Å². The molecule has 3 nitrogen and oxygen atoms in total. The van der Waals surface area contributed by atoms with Crippen molar-refractivity contribution in [3.63, 3.8) is 0 Å². The van der Waals surface area contributed by atoms with Crippen molar-refractivity contribution in [1.82, 2.24) is 4.98 Å². The van der Waals surface area contributed by atoms with E-state index in [9.17, 15) is 0 Å². The summed E-state index contributed by atoms with van der Waals surface area (Å²) < 4.78 is 5.47. The van der Waals surface area contributed by atoms with Gasteiger partial charge in [0.2, 0.25) is 5.88 Å². The van der Waals surface area contributed by atoms with Crippen LogP contribution in [-0.2, 0) is 6.61 Å². The molecule has 0 spiro atoms. The predicted molar refractivity (Wildman–Crippen MR) is 55.4 cm³/mol. The Kier molecular flexibility index (Phi) is 3.89. The number of hydrogen-bond donors (Lipinski definition) is 1. The quantitative estimate of drug-likeness (QED) is 0.798. The first-order valence-electron chi connectivity index (χ1n) is 4.89. The lowest BCUT2D eigenvalue weighted by Gasteiger charge is -2.11. The van der Waals surface area contributed by atoms with Gasteiger partial charge in [-0.2, -0.15) is 0 Å². The largest absolute Gasteiger partial charge is 0.477 e. The SMILES string of the molecule is CCCOc1nc(C)cc(C)c1CO. The Morgan fingerprint density at radius 2 is 2.14 bits per heavy atom. The molecule has 1 heterocycles. The van der Waals surface area contributed by atoms with E-state index in [1.807, 2.05) is 26.8 Å². The van der Waals surface area contributed by atoms with Crippen LogP contribution in [-0.4, -0.2) is 16.7 Å². The Balaban J connectivity index is 2.99. The lowest BCUT2D eigenvalue weighted by molar-refractivity contribution is 0.256. The second kappa shape index (κ2) is 4.96. The van der Waals surface area contributed by atoms with Gasteiger partial charge in [-0.15, -0.1) is 0 Å². The van der Waals surface area contributed by atoms with E-state index >= 15 is 0 Å². The zero-order valence-corrected chi connectivity index (χ0v) is 9.00. The standard InChI is InChI=1S/C11H17NO2/c1-4-5-14-11-10(7-13)8(2)6-9(3)12-11/h6,13H,4-5,7H2,1-3H3. The summed E-state index contributed by atoms with van der Waals surface area (Å²) in [6.45, 7) is 6.55. The topological polar surface area (TPSA) is 42.4 Å². The van der Waals surface area contributed by atoms with Gasteiger partial charge in [-0.25, -0.2) is 4.98 Å². The Morgan fingerprint density at radius 1 is 1.43 bits per heavy atom. The van der Waals surface area contributed by atoms with Crippen molar-refractivity contribution in [3.05, 3.63) is 22.9 Å². The second-order valence-electron chi connectivity index (χ2n) is 3.37. The van der Waals surface area contributed by atoms with Gasteiger partial charge in [0.1, 0.15) is 0 Å². The Hall–Kier alpha value is -1.09. The van der Waals surface area contributed by atoms with E-state index in [4.69, 9.17) is 9.84 Å². The highest BCUT2D eigenvalue weighted by molar-refractivity contribution is 5.35. The summed E-state index contributed by atoms with van der Waals surface area (Å²) >= 11 is 0. The molecule has 0 bridgehead atoms. The third kappa shape index (κ3) is 2.45. The normalized spacial score (nSPS) is 10.3. The van der Waals surface area contributed by atoms with Crippen molar-refractivity contribution in [3.8, 4) is 5.88 Å². The van der Waals surface area contributed by atoms with E-state index < -0.39 is 0 Å². The van der Waals surface area contributed by atoms with Gasteiger partial charge in [0, 0.05) is 11.3 Å². The fourth-order valence-corrected chi connectivity index (χ4v) is 1.34. The maximum absolute atomic E-state index is 9.17. The van der Waals surface area contributed by atoms with Crippen LogP contribution in [0.5, 0.6) is 5.88 Å². The molecule has 0 aliphatic rings. The van der Waals surface area contributed by atoms with E-state index in [0.29, 0.717) is 12.5 Å². The van der Waals surface area contributed by atoms with Gasteiger partial charge in [0.25, 0.3) is 0 Å². The van der Waals surface area contributed by atoms with Crippen molar-refractivity contribution < 1.29 is 9.84 Å². The van der Waals surface area contributed by atoms with E-state index in [1.54, 1.807) is 0 Å². The van der Waals surface area contributed by atoms with Crippen LogP contribution in [0.15, 0.2) is 6.07 Å². The summed E-state index contributed by atoms with van der Waals surface area (Å²) in [5, 5.41) is 9.17. The number of ether oxygens (including phenoxy) is 1. The maximum Gasteiger partial charge on any atom is 0.219 e. The summed E-state index contributed by atoms with van der Waals surface area (Å²) in [6, 6.07) is 1.95. The average Bonchev–Trinajstić information content (AvgIpc) is 2.14. The lowest BCUT2D eigenvalue weighted by Crippen LogP contribution is -2.04. The molecule has 1 aromatic rings. The first kappa shape index (κ1) is 11.0. The highest BCUT2D eigenvalue weighted by atomic mass is 16.5. The molecule has 1 N–H and O–H groups in total. The fraction of sp³-hybridized carbons (Fsp3) is 0.545. The van der Waals surface area contributed by atoms with Gasteiger partial charge in [-0.05, 0) is 31.9 Å². The van der Waals surface area contributed by atoms with Crippen LogP contribution in [0.1, 0.15) is 30.2 Å². The maximum atomic E-state index is 9.17. The van der Waals surface area contributed by atoms with Crippen LogP contribution in [0.25, 0.3) is 0 Å². The van der Waals surface area contributed by atoms with Crippen LogP contribution in [0.2, 0.25) is 0 Å². The third-order valence-corrected chi connectivity index (χ3v) is 2.04. The summed E-state index contributed by atoms with van der Waals surface area (Å²) in [5.41, 5.74) is 2.75. The molecule has 0 amide bonds. The van der Waals surface area contributed by atoms with Gasteiger partial charge in [0.15, 0.2) is 0 Å². The fourth-order valence-electron chi connectivity index (χ4n) is 1.34. The van der Waals surface area contributed by atoms with Crippen molar-refractivity contribution in [1.29, 1.82) is 0 Å². The van der Waals surface area contributed by atoms with Gasteiger partial charge in [-0.3, -0.25) is 0 Å². The first-order valence-corrected chi connectivity index (χ1v) is 4.89. The number of nitrogens with zero attached hydrogens (tertiary/aromatic N) is 1. The van der Waals surface area contributed by atoms with Crippen LogP contribution in [0.4, 0.5) is 0 Å². The molecule has 14 heavy (non-hydrogen) atoms. The van der Waals surface area contributed by atoms with Crippen LogP contribution < -0.4 is 4.74 Å². The summed E-state index contributed by atoms with van der Waals surface area (Å²) in [7, 11) is 0. The minimum atomic E-state index is -0.0157. The number of hydrogen-bond acceptors (Lipinski definition) is 3. The molecule has 1 aromatic heterocycles. The number of aromatic nitrogens is 1. The van der Waals surface area contributed by atoms with E-state index in [-0.39, 0.29) is 6.61 Å². The molecule has 0 unspecified atom stereocenters. The molecule has 0 fully saturated rings. The molecule has 0 aromatic carbocycles. The summed E-state index contributed by atoms with van der Waals surface area (Å²) in [4.78, 5) is 4.26. The van der Waals surface area contributed by atoms with Crippen molar-refractivity contribution in [2.75, 3.05) is 6.61 Å². The molecule has 0 radical (unpaired) electrons. The number of rotatable bonds is 4. The molecule has 0 saturated heterocycles. The molecule has 0 aliphatic carbocycles. The molecule has 78 valence electrons. The molecular weight excluding hydrogens is 178 g/mol. The number of aliphatic hydroxyl groups is 1. The van der Waals surface area contributed by atoms with Crippen LogP contribution in [0, 0.1) is 13.8 Å². The molecule has 1 rings (SSSR count). The summed E-state index contributed by atoms with van der Waals surface area (Å²) in [5.74, 6) is 0.576. The minimum absolute atomic E-state index is 0.0157. The molecule has 0 atom stereocenters. The predicted octanol–water partition coefficient (Wildman–Crippen LogP) is 1.98. The van der Waals surface area contributed by atoms with E-state index in [1.165, 1.54) is 0 Å². The van der Waals surface area contributed by atoms with Crippen LogP contribution >= 0.6 is 0 Å². The van der Waals surface area contributed by atoms with Gasteiger partial charge < -0.3 is 9.84 Å². The monoisotopic (exact) mass is 195 g/mol. The smallest absolute Gasteiger partial charge is 0.219 e. The first-order chi connectivity index (χ1) is 6.69. The van der Waals surface area contributed by atoms with Gasteiger partial charge in [0.05, 0.1) is 13.2 Å². The van der Waals surface area contributed by atoms with E-state index in [2.05, 4.69) is 4.98 Å². The zero-order chi connectivity index (χ0) is 10.6. The number of aryl methyl sites for hydroxylation is 2. The Labute approximate surface area is 84.7 Å². The summed E-state index contributed by atoms with van der Waals surface area (Å²) in [6.07, 6.45) is 0.944.